The molecule has 0 bridgehead atoms. The maximum Gasteiger partial charge on any atom is 0.249 e. The van der Waals surface area contributed by atoms with Crippen LogP contribution < -0.4 is 5.32 Å². The molecule has 0 saturated heterocycles. The van der Waals surface area contributed by atoms with Crippen LogP contribution in [0.2, 0.25) is 0 Å². The van der Waals surface area contributed by atoms with Gasteiger partial charge in [0.25, 0.3) is 0 Å². The van der Waals surface area contributed by atoms with Gasteiger partial charge in [-0.25, -0.2) is 0 Å². The summed E-state index contributed by atoms with van der Waals surface area (Å²) in [6.07, 6.45) is 2.09. The lowest BCUT2D eigenvalue weighted by atomic mass is 9.94. The number of amides is 1. The van der Waals surface area contributed by atoms with Crippen molar-refractivity contribution < 1.29 is 9.53 Å². The number of hydrogen-bond acceptors (Lipinski definition) is 2. The third-order valence-corrected chi connectivity index (χ3v) is 3.58. The van der Waals surface area contributed by atoms with Crippen molar-refractivity contribution in [1.29, 1.82) is 0 Å². The maximum absolute atomic E-state index is 12.1. The number of carbonyl (C=O) groups excluding carboxylic acids is 1. The van der Waals surface area contributed by atoms with Gasteiger partial charge in [-0.05, 0) is 45.1 Å². The highest BCUT2D eigenvalue weighted by atomic mass is 16.5. The van der Waals surface area contributed by atoms with E-state index in [1.54, 1.807) is 0 Å². The predicted molar refractivity (Wildman–Crippen MR) is 75.7 cm³/mol. The molecule has 1 unspecified atom stereocenters. The summed E-state index contributed by atoms with van der Waals surface area (Å²) in [6.45, 7) is 6.54. The van der Waals surface area contributed by atoms with Crippen molar-refractivity contribution in [2.24, 2.45) is 5.92 Å². The third kappa shape index (κ3) is 4.06. The van der Waals surface area contributed by atoms with Crippen LogP contribution in [0.3, 0.4) is 0 Å². The molecule has 0 aliphatic heterocycles. The summed E-state index contributed by atoms with van der Waals surface area (Å²) in [5.74, 6) is 0.631. The van der Waals surface area contributed by atoms with Crippen LogP contribution in [0.1, 0.15) is 39.2 Å². The Bertz CT molecular complexity index is 424. The molecule has 1 N–H and O–H groups in total. The van der Waals surface area contributed by atoms with Crippen molar-refractivity contribution in [1.82, 2.24) is 5.32 Å². The highest BCUT2D eigenvalue weighted by Crippen LogP contribution is 2.29. The quantitative estimate of drug-likeness (QED) is 0.855. The molecule has 1 fully saturated rings. The van der Waals surface area contributed by atoms with Gasteiger partial charge in [0, 0.05) is 0 Å². The zero-order valence-electron chi connectivity index (χ0n) is 12.0. The molecule has 1 aromatic rings. The number of hydrogen-bond donors (Lipinski definition) is 1. The second kappa shape index (κ2) is 5.74. The van der Waals surface area contributed by atoms with Gasteiger partial charge in [0.1, 0.15) is 6.10 Å². The Hall–Kier alpha value is -1.35. The Balaban J connectivity index is 1.89. The number of ether oxygens (including phenoxy) is 1. The van der Waals surface area contributed by atoms with E-state index < -0.39 is 0 Å². The van der Waals surface area contributed by atoms with Gasteiger partial charge in [-0.15, -0.1) is 0 Å². The molecule has 1 amide bonds. The Morgan fingerprint density at radius 1 is 1.37 bits per heavy atom. The van der Waals surface area contributed by atoms with Crippen molar-refractivity contribution >= 4 is 5.91 Å². The third-order valence-electron chi connectivity index (χ3n) is 3.58. The van der Waals surface area contributed by atoms with Crippen molar-refractivity contribution in [3.05, 3.63) is 35.9 Å². The fourth-order valence-electron chi connectivity index (χ4n) is 1.98. The normalized spacial score (nSPS) is 17.0. The zero-order chi connectivity index (χ0) is 13.9. The van der Waals surface area contributed by atoms with Crippen molar-refractivity contribution in [3.63, 3.8) is 0 Å². The molecule has 3 nitrogen and oxygen atoms in total. The topological polar surface area (TPSA) is 38.3 Å². The predicted octanol–water partition coefficient (Wildman–Crippen LogP) is 2.85. The van der Waals surface area contributed by atoms with E-state index in [1.165, 1.54) is 12.8 Å². The average Bonchev–Trinajstić information content (AvgIpc) is 3.20. The van der Waals surface area contributed by atoms with Crippen LogP contribution in [0.25, 0.3) is 0 Å². The van der Waals surface area contributed by atoms with Crippen LogP contribution in [0.5, 0.6) is 0 Å². The largest absolute Gasteiger partial charge is 0.368 e. The minimum atomic E-state index is -0.386. The van der Waals surface area contributed by atoms with E-state index in [1.807, 2.05) is 51.1 Å². The first-order valence-corrected chi connectivity index (χ1v) is 6.98. The van der Waals surface area contributed by atoms with Crippen molar-refractivity contribution in [2.45, 2.75) is 45.3 Å². The summed E-state index contributed by atoms with van der Waals surface area (Å²) in [7, 11) is 0. The lowest BCUT2D eigenvalue weighted by molar-refractivity contribution is -0.133. The fraction of sp³-hybridized carbons (Fsp3) is 0.562. The Morgan fingerprint density at radius 3 is 2.58 bits per heavy atom. The molecule has 1 aromatic carbocycles. The van der Waals surface area contributed by atoms with E-state index in [9.17, 15) is 4.79 Å². The molecule has 1 saturated carbocycles. The summed E-state index contributed by atoms with van der Waals surface area (Å²) in [5.41, 5.74) is 0.716. The van der Waals surface area contributed by atoms with Crippen LogP contribution in [-0.4, -0.2) is 18.6 Å². The standard InChI is InChI=1S/C16H23NO2/c1-12(19-11-13-9-10-13)15(18)17-16(2,3)14-7-5-4-6-8-14/h4-8,12-13H,9-11H2,1-3H3,(H,17,18). The van der Waals surface area contributed by atoms with Gasteiger partial charge in [-0.2, -0.15) is 0 Å². The molecule has 2 rings (SSSR count). The van der Waals surface area contributed by atoms with Gasteiger partial charge in [0.15, 0.2) is 0 Å². The maximum atomic E-state index is 12.1. The van der Waals surface area contributed by atoms with Gasteiger partial charge in [-0.1, -0.05) is 30.3 Å². The summed E-state index contributed by atoms with van der Waals surface area (Å²) in [6, 6.07) is 9.99. The Labute approximate surface area is 115 Å². The van der Waals surface area contributed by atoms with Gasteiger partial charge in [0.05, 0.1) is 12.1 Å². The van der Waals surface area contributed by atoms with Crippen LogP contribution in [0.15, 0.2) is 30.3 Å². The number of benzene rings is 1. The molecular formula is C16H23NO2. The lowest BCUT2D eigenvalue weighted by Crippen LogP contribution is -2.46. The summed E-state index contributed by atoms with van der Waals surface area (Å²) in [5, 5.41) is 3.05. The van der Waals surface area contributed by atoms with Crippen LogP contribution in [-0.2, 0) is 15.1 Å². The molecular weight excluding hydrogens is 238 g/mol. The second-order valence-electron chi connectivity index (χ2n) is 5.90. The molecule has 0 heterocycles. The Kier molecular flexibility index (Phi) is 4.25. The number of nitrogens with one attached hydrogen (secondary N) is 1. The van der Waals surface area contributed by atoms with Gasteiger partial charge in [-0.3, -0.25) is 4.79 Å². The molecule has 1 aliphatic carbocycles. The van der Waals surface area contributed by atoms with Gasteiger partial charge < -0.3 is 10.1 Å². The first-order valence-electron chi connectivity index (χ1n) is 6.98. The van der Waals surface area contributed by atoms with Crippen molar-refractivity contribution in [3.8, 4) is 0 Å². The van der Waals surface area contributed by atoms with E-state index in [0.29, 0.717) is 12.5 Å². The summed E-state index contributed by atoms with van der Waals surface area (Å²) >= 11 is 0. The molecule has 1 aliphatic rings. The molecule has 3 heteroatoms. The minimum absolute atomic E-state index is 0.0468. The summed E-state index contributed by atoms with van der Waals surface area (Å²) in [4.78, 5) is 12.1. The smallest absolute Gasteiger partial charge is 0.249 e. The zero-order valence-corrected chi connectivity index (χ0v) is 12.0. The monoisotopic (exact) mass is 261 g/mol. The molecule has 1 atom stereocenters. The summed E-state index contributed by atoms with van der Waals surface area (Å²) < 4.78 is 5.60. The molecule has 104 valence electrons. The van der Waals surface area contributed by atoms with Crippen molar-refractivity contribution in [2.75, 3.05) is 6.61 Å². The Morgan fingerprint density at radius 2 is 2.00 bits per heavy atom. The fourth-order valence-corrected chi connectivity index (χ4v) is 1.98. The number of carbonyl (C=O) groups is 1. The average molecular weight is 261 g/mol. The van der Waals surface area contributed by atoms with E-state index >= 15 is 0 Å². The minimum Gasteiger partial charge on any atom is -0.368 e. The van der Waals surface area contributed by atoms with Crippen LogP contribution in [0, 0.1) is 5.92 Å². The van der Waals surface area contributed by atoms with Crippen LogP contribution >= 0.6 is 0 Å². The highest BCUT2D eigenvalue weighted by Gasteiger charge is 2.27. The van der Waals surface area contributed by atoms with E-state index in [0.717, 1.165) is 5.56 Å². The van der Waals surface area contributed by atoms with E-state index in [4.69, 9.17) is 4.74 Å². The molecule has 19 heavy (non-hydrogen) atoms. The highest BCUT2D eigenvalue weighted by molar-refractivity contribution is 5.81. The second-order valence-corrected chi connectivity index (χ2v) is 5.90. The molecule has 0 aromatic heterocycles. The first-order chi connectivity index (χ1) is 8.99. The van der Waals surface area contributed by atoms with Crippen LogP contribution in [0.4, 0.5) is 0 Å². The van der Waals surface area contributed by atoms with Gasteiger partial charge >= 0.3 is 0 Å². The van der Waals surface area contributed by atoms with E-state index in [-0.39, 0.29) is 17.6 Å². The molecule has 0 radical (unpaired) electrons. The van der Waals surface area contributed by atoms with E-state index in [2.05, 4.69) is 5.32 Å². The van der Waals surface area contributed by atoms with Gasteiger partial charge in [0.2, 0.25) is 5.91 Å². The lowest BCUT2D eigenvalue weighted by Gasteiger charge is -2.28. The SMILES string of the molecule is CC(OCC1CC1)C(=O)NC(C)(C)c1ccccc1. The molecule has 0 spiro atoms. The first kappa shape index (κ1) is 14.1. The number of rotatable bonds is 6.